The van der Waals surface area contributed by atoms with E-state index in [1.54, 1.807) is 0 Å². The SMILES string of the molecule is c1ccc(-c2cc(-c3cc4c5ccccc5n(-c5ccc6c7ccccc7n(-c7ccccc7)c6c5)c4c4c5ccccc5n(-c5ccccc5)c34)nc(-c3ccccc3)n2)cc1. The lowest BCUT2D eigenvalue weighted by Gasteiger charge is -2.15. The monoisotopic (exact) mass is 803 g/mol. The lowest BCUT2D eigenvalue weighted by atomic mass is 9.99. The molecule has 0 spiro atoms. The lowest BCUT2D eigenvalue weighted by Crippen LogP contribution is -2.00. The summed E-state index contributed by atoms with van der Waals surface area (Å²) in [5, 5.41) is 7.14. The fourth-order valence-corrected chi connectivity index (χ4v) is 9.93. The molecule has 0 aliphatic carbocycles. The molecule has 0 amide bonds. The second-order valence-electron chi connectivity index (χ2n) is 16.2. The molecule has 0 radical (unpaired) electrons. The second-order valence-corrected chi connectivity index (χ2v) is 16.2. The van der Waals surface area contributed by atoms with Crippen LogP contribution in [0.15, 0.2) is 224 Å². The highest BCUT2D eigenvalue weighted by atomic mass is 15.0. The topological polar surface area (TPSA) is 40.6 Å². The summed E-state index contributed by atoms with van der Waals surface area (Å²) in [5.74, 6) is 0.687. The summed E-state index contributed by atoms with van der Waals surface area (Å²) in [6.07, 6.45) is 0. The van der Waals surface area contributed by atoms with Gasteiger partial charge in [0.1, 0.15) is 0 Å². The van der Waals surface area contributed by atoms with Crippen molar-refractivity contribution in [3.63, 3.8) is 0 Å². The van der Waals surface area contributed by atoms with E-state index in [0.29, 0.717) is 5.82 Å². The van der Waals surface area contributed by atoms with Crippen LogP contribution in [-0.2, 0) is 0 Å². The Balaban J connectivity index is 1.20. The van der Waals surface area contributed by atoms with Crippen LogP contribution in [-0.4, -0.2) is 23.7 Å². The molecular weight excluding hydrogens is 767 g/mol. The molecule has 0 saturated carbocycles. The Morgan fingerprint density at radius 2 is 0.762 bits per heavy atom. The first-order valence-corrected chi connectivity index (χ1v) is 21.4. The Bertz CT molecular complexity index is 3820. The quantitative estimate of drug-likeness (QED) is 0.168. The number of aromatic nitrogens is 5. The zero-order chi connectivity index (χ0) is 41.4. The van der Waals surface area contributed by atoms with E-state index in [1.807, 2.05) is 12.1 Å². The van der Waals surface area contributed by atoms with E-state index in [4.69, 9.17) is 9.97 Å². The van der Waals surface area contributed by atoms with Gasteiger partial charge in [0.05, 0.1) is 44.5 Å². The maximum absolute atomic E-state index is 5.47. The van der Waals surface area contributed by atoms with Gasteiger partial charge >= 0.3 is 0 Å². The summed E-state index contributed by atoms with van der Waals surface area (Å²) < 4.78 is 7.33. The molecule has 0 atom stereocenters. The second kappa shape index (κ2) is 14.0. The third kappa shape index (κ3) is 5.43. The van der Waals surface area contributed by atoms with Crippen molar-refractivity contribution < 1.29 is 0 Å². The Kier molecular flexibility index (Phi) is 7.84. The van der Waals surface area contributed by atoms with Gasteiger partial charge in [0.2, 0.25) is 0 Å². The first kappa shape index (κ1) is 35.2. The summed E-state index contributed by atoms with van der Waals surface area (Å²) in [7, 11) is 0. The molecule has 13 aromatic rings. The molecule has 9 aromatic carbocycles. The highest BCUT2D eigenvalue weighted by Crippen LogP contribution is 2.47. The maximum Gasteiger partial charge on any atom is 0.160 e. The molecule has 4 heterocycles. The molecule has 0 saturated heterocycles. The summed E-state index contributed by atoms with van der Waals surface area (Å²) >= 11 is 0. The van der Waals surface area contributed by atoms with Gasteiger partial charge in [-0.2, -0.15) is 0 Å². The smallest absolute Gasteiger partial charge is 0.160 e. The summed E-state index contributed by atoms with van der Waals surface area (Å²) in [6, 6.07) is 80.2. The molecule has 0 aliphatic rings. The van der Waals surface area contributed by atoms with Crippen LogP contribution in [0.1, 0.15) is 0 Å². The number of benzene rings is 9. The van der Waals surface area contributed by atoms with Crippen molar-refractivity contribution >= 4 is 65.4 Å². The molecule has 0 N–H and O–H groups in total. The van der Waals surface area contributed by atoms with Crippen molar-refractivity contribution in [2.24, 2.45) is 0 Å². The minimum absolute atomic E-state index is 0.687. The molecule has 0 unspecified atom stereocenters. The van der Waals surface area contributed by atoms with Gasteiger partial charge in [-0.3, -0.25) is 0 Å². The summed E-state index contributed by atoms with van der Waals surface area (Å²) in [5.41, 5.74) is 15.0. The Morgan fingerprint density at radius 1 is 0.286 bits per heavy atom. The van der Waals surface area contributed by atoms with E-state index in [-0.39, 0.29) is 0 Å². The van der Waals surface area contributed by atoms with Crippen LogP contribution in [0, 0.1) is 0 Å². The van der Waals surface area contributed by atoms with Gasteiger partial charge in [-0.05, 0) is 66.7 Å². The van der Waals surface area contributed by atoms with Gasteiger partial charge in [-0.15, -0.1) is 0 Å². The van der Waals surface area contributed by atoms with Crippen LogP contribution in [0.4, 0.5) is 0 Å². The van der Waals surface area contributed by atoms with Gasteiger partial charge < -0.3 is 13.7 Å². The van der Waals surface area contributed by atoms with Crippen molar-refractivity contribution in [3.05, 3.63) is 224 Å². The average molecular weight is 804 g/mol. The number of hydrogen-bond acceptors (Lipinski definition) is 2. The Morgan fingerprint density at radius 3 is 1.43 bits per heavy atom. The third-order valence-electron chi connectivity index (χ3n) is 12.6. The third-order valence-corrected chi connectivity index (χ3v) is 12.6. The van der Waals surface area contributed by atoms with Gasteiger partial charge in [-0.25, -0.2) is 9.97 Å². The van der Waals surface area contributed by atoms with Crippen LogP contribution in [0.25, 0.3) is 116 Å². The Hall–Kier alpha value is -8.54. The Labute approximate surface area is 363 Å². The first-order chi connectivity index (χ1) is 31.3. The normalized spacial score (nSPS) is 11.8. The van der Waals surface area contributed by atoms with Gasteiger partial charge in [0.25, 0.3) is 0 Å². The minimum atomic E-state index is 0.687. The van der Waals surface area contributed by atoms with Crippen LogP contribution >= 0.6 is 0 Å². The molecule has 13 rings (SSSR count). The van der Waals surface area contributed by atoms with Crippen LogP contribution < -0.4 is 0 Å². The van der Waals surface area contributed by atoms with Gasteiger partial charge in [0, 0.05) is 66.1 Å². The minimum Gasteiger partial charge on any atom is -0.309 e. The number of nitrogens with zero attached hydrogens (tertiary/aromatic N) is 5. The number of rotatable bonds is 6. The number of fused-ring (bicyclic) bond motifs is 10. The van der Waals surface area contributed by atoms with Crippen molar-refractivity contribution in [1.29, 1.82) is 0 Å². The first-order valence-electron chi connectivity index (χ1n) is 21.4. The van der Waals surface area contributed by atoms with Gasteiger partial charge in [-0.1, -0.05) is 158 Å². The van der Waals surface area contributed by atoms with E-state index < -0.39 is 0 Å². The van der Waals surface area contributed by atoms with E-state index in [1.165, 1.54) is 32.4 Å². The summed E-state index contributed by atoms with van der Waals surface area (Å²) in [6.45, 7) is 0. The fourth-order valence-electron chi connectivity index (χ4n) is 9.93. The van der Waals surface area contributed by atoms with Crippen molar-refractivity contribution in [3.8, 4) is 51.0 Å². The largest absolute Gasteiger partial charge is 0.309 e. The van der Waals surface area contributed by atoms with Crippen LogP contribution in [0.2, 0.25) is 0 Å². The molecule has 294 valence electrons. The predicted octanol–water partition coefficient (Wildman–Crippen LogP) is 14.8. The molecule has 0 aliphatic heterocycles. The average Bonchev–Trinajstić information content (AvgIpc) is 4.00. The highest BCUT2D eigenvalue weighted by Gasteiger charge is 2.26. The molecule has 0 bridgehead atoms. The fraction of sp³-hybridized carbons (Fsp3) is 0. The molecule has 5 heteroatoms. The number of para-hydroxylation sites is 5. The van der Waals surface area contributed by atoms with Gasteiger partial charge in [0.15, 0.2) is 5.82 Å². The van der Waals surface area contributed by atoms with E-state index in [9.17, 15) is 0 Å². The van der Waals surface area contributed by atoms with Crippen molar-refractivity contribution in [2.75, 3.05) is 0 Å². The zero-order valence-corrected chi connectivity index (χ0v) is 34.1. The molecule has 63 heavy (non-hydrogen) atoms. The highest BCUT2D eigenvalue weighted by molar-refractivity contribution is 6.29. The number of hydrogen-bond donors (Lipinski definition) is 0. The van der Waals surface area contributed by atoms with Crippen LogP contribution in [0.3, 0.4) is 0 Å². The molecule has 0 fully saturated rings. The predicted molar refractivity (Wildman–Crippen MR) is 261 cm³/mol. The van der Waals surface area contributed by atoms with Crippen molar-refractivity contribution in [2.45, 2.75) is 0 Å². The van der Waals surface area contributed by atoms with E-state index in [0.717, 1.165) is 78.1 Å². The maximum atomic E-state index is 5.47. The van der Waals surface area contributed by atoms with Crippen molar-refractivity contribution in [1.82, 2.24) is 23.7 Å². The standard InChI is InChI=1S/C58H37N5/c1-5-19-38(20-6-1)49-37-50(60-58(59-49)39-21-7-2-8-22-39)48-36-47-44-28-14-17-31-52(44)63(56(47)55-46-29-15-18-32-53(46)62(57(48)55)41-25-11-4-12-26-41)42-33-34-45-43-27-13-16-30-51(43)61(54(45)35-42)40-23-9-3-10-24-40/h1-37H. The van der Waals surface area contributed by atoms with Crippen LogP contribution in [0.5, 0.6) is 0 Å². The molecule has 5 nitrogen and oxygen atoms in total. The lowest BCUT2D eigenvalue weighted by molar-refractivity contribution is 1.15. The summed E-state index contributed by atoms with van der Waals surface area (Å²) in [4.78, 5) is 10.7. The van der Waals surface area contributed by atoms with E-state index in [2.05, 4.69) is 226 Å². The zero-order valence-electron chi connectivity index (χ0n) is 34.1. The molecule has 4 aromatic heterocycles. The molecular formula is C58H37N5. The van der Waals surface area contributed by atoms with E-state index >= 15 is 0 Å².